The molecule has 4 heterocycles. The zero-order valence-corrected chi connectivity index (χ0v) is 27.6. The van der Waals surface area contributed by atoms with Crippen LogP contribution in [0.15, 0.2) is 60.9 Å². The number of nitrogens with zero attached hydrogens (tertiary/aromatic N) is 6. The minimum atomic E-state index is -1.14. The number of aromatic nitrogens is 2. The molecule has 3 aliphatic rings. The predicted octanol–water partition coefficient (Wildman–Crippen LogP) is 3.55. The SMILES string of the molecule is O=C(N[C@@H](Cc1ccc(NC(=O)N2CCN(c3ccccc3)CC2)cc1)C(=O)O)C1CCCN(c2ncnc(N3CCSCC3)c2F)C1. The van der Waals surface area contributed by atoms with Crippen molar-refractivity contribution >= 4 is 52.7 Å². The van der Waals surface area contributed by atoms with Gasteiger partial charge in [0.2, 0.25) is 11.7 Å². The summed E-state index contributed by atoms with van der Waals surface area (Å²) >= 11 is 1.83. The number of urea groups is 1. The third-order valence-electron chi connectivity index (χ3n) is 9.10. The van der Waals surface area contributed by atoms with Gasteiger partial charge in [0.25, 0.3) is 0 Å². The van der Waals surface area contributed by atoms with Gasteiger partial charge in [0.1, 0.15) is 12.4 Å². The van der Waals surface area contributed by atoms with E-state index in [1.54, 1.807) is 34.1 Å². The number of para-hydroxylation sites is 1. The maximum Gasteiger partial charge on any atom is 0.326 e. The van der Waals surface area contributed by atoms with Crippen LogP contribution < -0.4 is 25.3 Å². The Morgan fingerprint density at radius 1 is 0.875 bits per heavy atom. The van der Waals surface area contributed by atoms with Crippen molar-refractivity contribution in [3.05, 3.63) is 72.3 Å². The molecule has 0 saturated carbocycles. The summed E-state index contributed by atoms with van der Waals surface area (Å²) in [5.74, 6) is -0.262. The lowest BCUT2D eigenvalue weighted by Crippen LogP contribution is -2.50. The van der Waals surface area contributed by atoms with Crippen molar-refractivity contribution < 1.29 is 23.9 Å². The van der Waals surface area contributed by atoms with E-state index in [4.69, 9.17) is 0 Å². The van der Waals surface area contributed by atoms with Crippen molar-refractivity contribution in [2.24, 2.45) is 5.92 Å². The van der Waals surface area contributed by atoms with E-state index in [2.05, 4.69) is 37.6 Å². The zero-order chi connectivity index (χ0) is 33.5. The van der Waals surface area contributed by atoms with Crippen LogP contribution in [-0.2, 0) is 16.0 Å². The molecule has 6 rings (SSSR count). The van der Waals surface area contributed by atoms with Crippen LogP contribution in [0.25, 0.3) is 0 Å². The number of thioether (sulfide) groups is 1. The number of carbonyl (C=O) groups is 3. The molecule has 3 saturated heterocycles. The van der Waals surface area contributed by atoms with E-state index in [1.165, 1.54) is 6.33 Å². The van der Waals surface area contributed by atoms with Crippen LogP contribution in [0.4, 0.5) is 32.2 Å². The molecule has 12 nitrogen and oxygen atoms in total. The van der Waals surface area contributed by atoms with Gasteiger partial charge in [-0.3, -0.25) is 4.79 Å². The Kier molecular flexibility index (Phi) is 10.8. The number of carboxylic acids is 1. The lowest BCUT2D eigenvalue weighted by atomic mass is 9.96. The van der Waals surface area contributed by atoms with E-state index in [-0.39, 0.29) is 36.5 Å². The fourth-order valence-corrected chi connectivity index (χ4v) is 7.31. The molecule has 0 radical (unpaired) electrons. The number of nitrogens with one attached hydrogen (secondary N) is 2. The van der Waals surface area contributed by atoms with Gasteiger partial charge < -0.3 is 35.3 Å². The highest BCUT2D eigenvalue weighted by Gasteiger charge is 2.32. The fourth-order valence-electron chi connectivity index (χ4n) is 6.41. The minimum absolute atomic E-state index is 0.0746. The van der Waals surface area contributed by atoms with E-state index in [0.717, 1.165) is 30.3 Å². The van der Waals surface area contributed by atoms with E-state index < -0.39 is 23.7 Å². The van der Waals surface area contributed by atoms with Crippen LogP contribution in [0, 0.1) is 11.7 Å². The molecule has 14 heteroatoms. The first-order valence-electron chi connectivity index (χ1n) is 16.4. The standard InChI is InChI=1S/C34H41FN8O4S/c35-29-30(41-17-19-48-20-18-41)36-23-37-31(29)43-12-4-5-25(22-43)32(44)39-28(33(45)46)21-24-8-10-26(11-9-24)38-34(47)42-15-13-40(14-16-42)27-6-2-1-3-7-27/h1-3,6-11,23,25,28H,4-5,12-22H2,(H,38,47)(H,39,44)(H,45,46)/t25?,28-/m0/s1. The summed E-state index contributed by atoms with van der Waals surface area (Å²) in [6.45, 7) is 4.89. The first-order valence-corrected chi connectivity index (χ1v) is 17.6. The number of carboxylic acid groups (broad SMARTS) is 1. The highest BCUT2D eigenvalue weighted by molar-refractivity contribution is 7.99. The Balaban J connectivity index is 1.01. The number of aliphatic carboxylic acids is 1. The van der Waals surface area contributed by atoms with Crippen LogP contribution in [0.2, 0.25) is 0 Å². The average Bonchev–Trinajstić information content (AvgIpc) is 3.13. The quantitative estimate of drug-likeness (QED) is 0.309. The first kappa shape index (κ1) is 33.3. The largest absolute Gasteiger partial charge is 0.480 e. The Hall–Kier alpha value is -4.59. The van der Waals surface area contributed by atoms with Gasteiger partial charge in [0.05, 0.1) is 5.92 Å². The highest BCUT2D eigenvalue weighted by atomic mass is 32.2. The second-order valence-corrected chi connectivity index (χ2v) is 13.5. The number of hydrogen-bond acceptors (Lipinski definition) is 9. The highest BCUT2D eigenvalue weighted by Crippen LogP contribution is 2.29. The Morgan fingerprint density at radius 2 is 1.56 bits per heavy atom. The van der Waals surface area contributed by atoms with Crippen molar-refractivity contribution in [2.45, 2.75) is 25.3 Å². The Morgan fingerprint density at radius 3 is 2.25 bits per heavy atom. The molecule has 0 aliphatic carbocycles. The van der Waals surface area contributed by atoms with Gasteiger partial charge in [0.15, 0.2) is 11.6 Å². The van der Waals surface area contributed by atoms with Gasteiger partial charge in [-0.05, 0) is 42.7 Å². The number of amides is 3. The smallest absolute Gasteiger partial charge is 0.326 e. The third-order valence-corrected chi connectivity index (χ3v) is 10.0. The molecule has 1 aromatic heterocycles. The molecule has 3 aromatic rings. The summed E-state index contributed by atoms with van der Waals surface area (Å²) in [5, 5.41) is 15.6. The van der Waals surface area contributed by atoms with E-state index in [0.29, 0.717) is 56.8 Å². The molecule has 3 fully saturated rings. The van der Waals surface area contributed by atoms with Gasteiger partial charge in [0, 0.05) is 81.7 Å². The number of rotatable bonds is 9. The van der Waals surface area contributed by atoms with Crippen LogP contribution in [0.3, 0.4) is 0 Å². The van der Waals surface area contributed by atoms with Crippen molar-refractivity contribution in [1.82, 2.24) is 20.2 Å². The molecule has 2 atom stereocenters. The molecule has 3 N–H and O–H groups in total. The van der Waals surface area contributed by atoms with Crippen LogP contribution in [0.1, 0.15) is 18.4 Å². The monoisotopic (exact) mass is 676 g/mol. The average molecular weight is 677 g/mol. The second kappa shape index (κ2) is 15.5. The Labute approximate surface area is 283 Å². The fraction of sp³-hybridized carbons (Fsp3) is 0.441. The minimum Gasteiger partial charge on any atom is -0.480 e. The molecule has 0 spiro atoms. The van der Waals surface area contributed by atoms with E-state index in [9.17, 15) is 19.5 Å². The van der Waals surface area contributed by atoms with Gasteiger partial charge in [-0.15, -0.1) is 0 Å². The molecule has 48 heavy (non-hydrogen) atoms. The summed E-state index contributed by atoms with van der Waals surface area (Å²) in [5.41, 5.74) is 2.45. The normalized spacial score (nSPS) is 19.1. The molecule has 3 aliphatic heterocycles. The van der Waals surface area contributed by atoms with Crippen molar-refractivity contribution in [2.75, 3.05) is 83.9 Å². The van der Waals surface area contributed by atoms with E-state index in [1.807, 2.05) is 34.9 Å². The lowest BCUT2D eigenvalue weighted by molar-refractivity contribution is -0.142. The summed E-state index contributed by atoms with van der Waals surface area (Å²) < 4.78 is 15.6. The van der Waals surface area contributed by atoms with Gasteiger partial charge in [-0.2, -0.15) is 16.2 Å². The van der Waals surface area contributed by atoms with Crippen LogP contribution in [-0.4, -0.2) is 108 Å². The number of benzene rings is 2. The molecule has 3 amide bonds. The zero-order valence-electron chi connectivity index (χ0n) is 26.8. The number of carbonyl (C=O) groups excluding carboxylic acids is 2. The van der Waals surface area contributed by atoms with Crippen LogP contribution in [0.5, 0.6) is 0 Å². The summed E-state index contributed by atoms with van der Waals surface area (Å²) in [6, 6.07) is 15.8. The van der Waals surface area contributed by atoms with E-state index >= 15 is 4.39 Å². The van der Waals surface area contributed by atoms with Gasteiger partial charge >= 0.3 is 12.0 Å². The van der Waals surface area contributed by atoms with Gasteiger partial charge in [-0.25, -0.2) is 19.6 Å². The van der Waals surface area contributed by atoms with Crippen molar-refractivity contribution in [3.63, 3.8) is 0 Å². The summed E-state index contributed by atoms with van der Waals surface area (Å²) in [6.07, 6.45) is 2.65. The summed E-state index contributed by atoms with van der Waals surface area (Å²) in [7, 11) is 0. The predicted molar refractivity (Wildman–Crippen MR) is 185 cm³/mol. The molecular formula is C34H41FN8O4S. The number of piperidine rings is 1. The number of piperazine rings is 1. The molecule has 2 aromatic carbocycles. The molecule has 254 valence electrons. The summed E-state index contributed by atoms with van der Waals surface area (Å²) in [4.78, 5) is 54.5. The number of hydrogen-bond donors (Lipinski definition) is 3. The van der Waals surface area contributed by atoms with Gasteiger partial charge in [-0.1, -0.05) is 30.3 Å². The molecule has 1 unspecified atom stereocenters. The first-order chi connectivity index (χ1) is 23.4. The second-order valence-electron chi connectivity index (χ2n) is 12.3. The number of anilines is 4. The van der Waals surface area contributed by atoms with Crippen LogP contribution >= 0.6 is 11.8 Å². The topological polar surface area (TPSA) is 134 Å². The third kappa shape index (κ3) is 8.09. The number of halogens is 1. The molecular weight excluding hydrogens is 635 g/mol. The molecule has 0 bridgehead atoms. The Bertz CT molecular complexity index is 1570. The maximum atomic E-state index is 15.6. The lowest BCUT2D eigenvalue weighted by Gasteiger charge is -2.36. The van der Waals surface area contributed by atoms with Crippen molar-refractivity contribution in [1.29, 1.82) is 0 Å². The van der Waals surface area contributed by atoms with Crippen molar-refractivity contribution in [3.8, 4) is 0 Å². The maximum absolute atomic E-state index is 15.6.